The van der Waals surface area contributed by atoms with Crippen LogP contribution in [0.15, 0.2) is 55.0 Å². The summed E-state index contributed by atoms with van der Waals surface area (Å²) in [5.41, 5.74) is 0.630. The highest BCUT2D eigenvalue weighted by Gasteiger charge is 2.34. The van der Waals surface area contributed by atoms with Crippen molar-refractivity contribution >= 4 is 22.6 Å². The smallest absolute Gasteiger partial charge is 0.419 e. The number of hydrogen-bond donors (Lipinski definition) is 2. The topological polar surface area (TPSA) is 81.1 Å². The van der Waals surface area contributed by atoms with Crippen LogP contribution in [0.4, 0.5) is 28.0 Å². The molecule has 3 heterocycles. The molecule has 0 spiro atoms. The van der Waals surface area contributed by atoms with E-state index in [1.165, 1.54) is 17.1 Å². The molecule has 5 rings (SSSR count). The molecule has 1 aliphatic rings. The molecular formula is C22H15F4N5O2. The summed E-state index contributed by atoms with van der Waals surface area (Å²) >= 11 is 0. The maximum absolute atomic E-state index is 13.5. The number of aromatic nitrogens is 3. The van der Waals surface area contributed by atoms with Crippen molar-refractivity contribution in [1.29, 1.82) is 0 Å². The van der Waals surface area contributed by atoms with Crippen LogP contribution in [0.1, 0.15) is 16.8 Å². The van der Waals surface area contributed by atoms with E-state index in [-0.39, 0.29) is 5.69 Å². The summed E-state index contributed by atoms with van der Waals surface area (Å²) in [6.45, 7) is 1.24. The first-order chi connectivity index (χ1) is 15.8. The average molecular weight is 457 g/mol. The van der Waals surface area contributed by atoms with Gasteiger partial charge in [0.2, 0.25) is 5.88 Å². The van der Waals surface area contributed by atoms with Crippen LogP contribution in [0.3, 0.4) is 0 Å². The lowest BCUT2D eigenvalue weighted by atomic mass is 10.2. The fourth-order valence-corrected chi connectivity index (χ4v) is 3.63. The number of amides is 1. The number of hydrogen-bond acceptors (Lipinski definition) is 5. The van der Waals surface area contributed by atoms with Gasteiger partial charge in [0, 0.05) is 30.4 Å². The molecule has 2 N–H and O–H groups in total. The van der Waals surface area contributed by atoms with Crippen molar-refractivity contribution in [2.24, 2.45) is 0 Å². The minimum absolute atomic E-state index is 0.179. The van der Waals surface area contributed by atoms with Crippen molar-refractivity contribution in [3.05, 3.63) is 77.6 Å². The summed E-state index contributed by atoms with van der Waals surface area (Å²) in [6, 6.07) is 8.27. The van der Waals surface area contributed by atoms with Gasteiger partial charge in [0.1, 0.15) is 17.9 Å². The fourth-order valence-electron chi connectivity index (χ4n) is 3.63. The molecule has 7 nitrogen and oxygen atoms in total. The van der Waals surface area contributed by atoms with Gasteiger partial charge in [-0.1, -0.05) is 0 Å². The van der Waals surface area contributed by atoms with E-state index in [0.29, 0.717) is 47.8 Å². The zero-order valence-corrected chi connectivity index (χ0v) is 16.8. The molecule has 1 amide bonds. The molecule has 11 heteroatoms. The monoisotopic (exact) mass is 457 g/mol. The first-order valence-corrected chi connectivity index (χ1v) is 9.80. The van der Waals surface area contributed by atoms with E-state index >= 15 is 0 Å². The van der Waals surface area contributed by atoms with Crippen molar-refractivity contribution in [3.8, 4) is 11.6 Å². The zero-order chi connectivity index (χ0) is 23.2. The summed E-state index contributed by atoms with van der Waals surface area (Å²) in [6.07, 6.45) is -1.97. The predicted octanol–water partition coefficient (Wildman–Crippen LogP) is 5.06. The number of fused-ring (bicyclic) bond motifs is 2. The van der Waals surface area contributed by atoms with Gasteiger partial charge in [0.15, 0.2) is 0 Å². The van der Waals surface area contributed by atoms with Gasteiger partial charge in [0.25, 0.3) is 0 Å². The first kappa shape index (κ1) is 20.9. The van der Waals surface area contributed by atoms with Crippen LogP contribution in [0.25, 0.3) is 10.9 Å². The van der Waals surface area contributed by atoms with Crippen LogP contribution in [0.2, 0.25) is 0 Å². The lowest BCUT2D eigenvalue weighted by molar-refractivity contribution is -0.139. The molecule has 0 aliphatic carbocycles. The molecule has 33 heavy (non-hydrogen) atoms. The summed E-state index contributed by atoms with van der Waals surface area (Å²) in [7, 11) is 0. The van der Waals surface area contributed by atoms with Crippen LogP contribution in [0.5, 0.6) is 11.6 Å². The third-order valence-electron chi connectivity index (χ3n) is 5.21. The van der Waals surface area contributed by atoms with Crippen molar-refractivity contribution in [2.45, 2.75) is 19.3 Å². The number of benzene rings is 2. The Morgan fingerprint density at radius 1 is 1.09 bits per heavy atom. The molecule has 0 atom stereocenters. The van der Waals surface area contributed by atoms with Gasteiger partial charge in [0.05, 0.1) is 22.3 Å². The van der Waals surface area contributed by atoms with Crippen molar-refractivity contribution in [3.63, 3.8) is 0 Å². The standard InChI is InChI=1S/C22H15F4N5O2/c23-17-3-1-13(8-16(17)22(24,25)26)30-21(32)31-6-5-12-7-14(2-4-19(12)31)33-20-15-9-27-10-18(15)28-11-29-20/h1-8,11,27H,9-10H2,(H,30,32). The van der Waals surface area contributed by atoms with Crippen molar-refractivity contribution < 1.29 is 27.1 Å². The summed E-state index contributed by atoms with van der Waals surface area (Å²) < 4.78 is 59.4. The highest BCUT2D eigenvalue weighted by molar-refractivity contribution is 5.98. The summed E-state index contributed by atoms with van der Waals surface area (Å²) in [5, 5.41) is 6.21. The largest absolute Gasteiger partial charge is 0.439 e. The molecule has 0 saturated carbocycles. The Kier molecular flexibility index (Phi) is 4.97. The number of rotatable bonds is 3. The van der Waals surface area contributed by atoms with Crippen LogP contribution < -0.4 is 15.4 Å². The highest BCUT2D eigenvalue weighted by Crippen LogP contribution is 2.33. The maximum atomic E-state index is 13.5. The van der Waals surface area contributed by atoms with Crippen LogP contribution in [0, 0.1) is 5.82 Å². The second kappa shape index (κ2) is 7.85. The molecule has 168 valence electrons. The van der Waals surface area contributed by atoms with E-state index in [1.807, 2.05) is 0 Å². The number of halogens is 4. The van der Waals surface area contributed by atoms with E-state index in [9.17, 15) is 22.4 Å². The van der Waals surface area contributed by atoms with Crippen LogP contribution >= 0.6 is 0 Å². The Labute approximate surface area is 184 Å². The number of ether oxygens (including phenoxy) is 1. The molecule has 4 aromatic rings. The Bertz CT molecular complexity index is 1380. The molecule has 2 aromatic carbocycles. The molecule has 0 bridgehead atoms. The molecule has 0 unspecified atom stereocenters. The third kappa shape index (κ3) is 3.98. The Morgan fingerprint density at radius 2 is 1.94 bits per heavy atom. The Morgan fingerprint density at radius 3 is 2.76 bits per heavy atom. The minimum atomic E-state index is -4.87. The number of nitrogens with one attached hydrogen (secondary N) is 2. The zero-order valence-electron chi connectivity index (χ0n) is 16.8. The fraction of sp³-hybridized carbons (Fsp3) is 0.136. The second-order valence-electron chi connectivity index (χ2n) is 7.34. The van der Waals surface area contributed by atoms with E-state index < -0.39 is 23.6 Å². The van der Waals surface area contributed by atoms with Gasteiger partial charge in [-0.2, -0.15) is 13.2 Å². The van der Waals surface area contributed by atoms with E-state index in [4.69, 9.17) is 4.74 Å². The lowest BCUT2D eigenvalue weighted by Crippen LogP contribution is -2.19. The molecule has 0 fully saturated rings. The first-order valence-electron chi connectivity index (χ1n) is 9.80. The van der Waals surface area contributed by atoms with Crippen LogP contribution in [-0.4, -0.2) is 20.6 Å². The molecule has 2 aromatic heterocycles. The number of carbonyl (C=O) groups excluding carboxylic acids is 1. The van der Waals surface area contributed by atoms with Crippen molar-refractivity contribution in [1.82, 2.24) is 19.9 Å². The number of carbonyl (C=O) groups is 1. The number of nitrogens with zero attached hydrogens (tertiary/aromatic N) is 3. The van der Waals surface area contributed by atoms with Gasteiger partial charge >= 0.3 is 12.2 Å². The Hall–Kier alpha value is -3.99. The third-order valence-corrected chi connectivity index (χ3v) is 5.21. The second-order valence-corrected chi connectivity index (χ2v) is 7.34. The summed E-state index contributed by atoms with van der Waals surface area (Å²) in [5.74, 6) is -0.468. The van der Waals surface area contributed by atoms with Gasteiger partial charge in [-0.25, -0.2) is 19.2 Å². The minimum Gasteiger partial charge on any atom is -0.439 e. The Balaban J connectivity index is 1.38. The van der Waals surface area contributed by atoms with Gasteiger partial charge < -0.3 is 15.4 Å². The van der Waals surface area contributed by atoms with Gasteiger partial charge in [-0.15, -0.1) is 0 Å². The van der Waals surface area contributed by atoms with Gasteiger partial charge in [-0.05, 0) is 42.5 Å². The number of alkyl halides is 3. The average Bonchev–Trinajstić information content (AvgIpc) is 3.41. The molecular weight excluding hydrogens is 442 g/mol. The van der Waals surface area contributed by atoms with Crippen molar-refractivity contribution in [2.75, 3.05) is 5.32 Å². The molecule has 0 radical (unpaired) electrons. The van der Waals surface area contributed by atoms with E-state index in [1.54, 1.807) is 24.3 Å². The number of anilines is 1. The summed E-state index contributed by atoms with van der Waals surface area (Å²) in [4.78, 5) is 21.1. The quantitative estimate of drug-likeness (QED) is 0.420. The van der Waals surface area contributed by atoms with Crippen LogP contribution in [-0.2, 0) is 19.3 Å². The van der Waals surface area contributed by atoms with E-state index in [2.05, 4.69) is 20.6 Å². The highest BCUT2D eigenvalue weighted by atomic mass is 19.4. The van der Waals surface area contributed by atoms with Gasteiger partial charge in [-0.3, -0.25) is 4.57 Å². The van der Waals surface area contributed by atoms with E-state index in [0.717, 1.165) is 17.3 Å². The molecule has 0 saturated heterocycles. The maximum Gasteiger partial charge on any atom is 0.419 e. The lowest BCUT2D eigenvalue weighted by Gasteiger charge is -2.12. The SMILES string of the molecule is O=C(Nc1ccc(F)c(C(F)(F)F)c1)n1ccc2cc(Oc3ncnc4c3CNC4)ccc21. The molecule has 1 aliphatic heterocycles. The predicted molar refractivity (Wildman–Crippen MR) is 110 cm³/mol. The normalized spacial score (nSPS) is 13.2.